The van der Waals surface area contributed by atoms with Crippen molar-refractivity contribution in [3.8, 4) is 0 Å². The van der Waals surface area contributed by atoms with Crippen LogP contribution in [0.5, 0.6) is 0 Å². The lowest BCUT2D eigenvalue weighted by Gasteiger charge is -2.29. The molecule has 25 heavy (non-hydrogen) atoms. The molecule has 0 unspecified atom stereocenters. The molecule has 0 bridgehead atoms. The quantitative estimate of drug-likeness (QED) is 0.817. The van der Waals surface area contributed by atoms with E-state index in [1.165, 1.54) is 18.6 Å². The van der Waals surface area contributed by atoms with Crippen LogP contribution in [0, 0.1) is 0 Å². The molecule has 0 atom stereocenters. The molecule has 1 heterocycles. The van der Waals surface area contributed by atoms with Crippen LogP contribution in [0.1, 0.15) is 29.6 Å². The molecule has 0 radical (unpaired) electrons. The van der Waals surface area contributed by atoms with E-state index in [0.717, 1.165) is 31.6 Å². The van der Waals surface area contributed by atoms with Crippen molar-refractivity contribution in [2.45, 2.75) is 24.2 Å². The van der Waals surface area contributed by atoms with Gasteiger partial charge in [-0.25, -0.2) is 13.1 Å². The summed E-state index contributed by atoms with van der Waals surface area (Å²) in [6.45, 7) is 1.92. The van der Waals surface area contributed by atoms with Gasteiger partial charge >= 0.3 is 0 Å². The van der Waals surface area contributed by atoms with Crippen molar-refractivity contribution in [3.05, 3.63) is 58.6 Å². The van der Waals surface area contributed by atoms with Crippen molar-refractivity contribution in [2.75, 3.05) is 18.0 Å². The fraction of sp³-hybridized carbons (Fsp3) is 0.278. The van der Waals surface area contributed by atoms with Gasteiger partial charge in [0.1, 0.15) is 0 Å². The topological polar surface area (TPSA) is 66.5 Å². The van der Waals surface area contributed by atoms with Gasteiger partial charge in [0.25, 0.3) is 15.9 Å². The zero-order valence-corrected chi connectivity index (χ0v) is 16.0. The van der Waals surface area contributed by atoms with E-state index in [2.05, 4.69) is 25.6 Å². The molecule has 0 aromatic heterocycles. The first-order valence-electron chi connectivity index (χ1n) is 8.13. The van der Waals surface area contributed by atoms with E-state index in [1.807, 2.05) is 6.07 Å². The summed E-state index contributed by atoms with van der Waals surface area (Å²) in [4.78, 5) is 14.7. The Kier molecular flexibility index (Phi) is 5.44. The number of benzene rings is 2. The van der Waals surface area contributed by atoms with Crippen molar-refractivity contribution in [1.82, 2.24) is 4.72 Å². The Morgan fingerprint density at radius 3 is 2.44 bits per heavy atom. The lowest BCUT2D eigenvalue weighted by molar-refractivity contribution is 0.0981. The molecule has 1 amide bonds. The number of rotatable bonds is 4. The molecule has 1 fully saturated rings. The number of nitrogens with one attached hydrogen (secondary N) is 1. The Labute approximate surface area is 156 Å². The first kappa shape index (κ1) is 17.9. The van der Waals surface area contributed by atoms with E-state index in [-0.39, 0.29) is 4.90 Å². The van der Waals surface area contributed by atoms with Crippen LogP contribution in [0.2, 0.25) is 0 Å². The van der Waals surface area contributed by atoms with Gasteiger partial charge in [-0.3, -0.25) is 4.79 Å². The van der Waals surface area contributed by atoms with Crippen LogP contribution in [0.4, 0.5) is 5.69 Å². The minimum absolute atomic E-state index is 0.0439. The maximum Gasteiger partial charge on any atom is 0.265 e. The van der Waals surface area contributed by atoms with E-state index in [4.69, 9.17) is 0 Å². The number of carbonyl (C=O) groups excluding carboxylic acids is 1. The van der Waals surface area contributed by atoms with E-state index < -0.39 is 15.9 Å². The first-order valence-corrected chi connectivity index (χ1v) is 10.4. The van der Waals surface area contributed by atoms with Crippen LogP contribution < -0.4 is 9.62 Å². The van der Waals surface area contributed by atoms with Crippen LogP contribution in [0.15, 0.2) is 57.9 Å². The molecule has 3 rings (SSSR count). The Morgan fingerprint density at radius 1 is 1.00 bits per heavy atom. The highest BCUT2D eigenvalue weighted by Gasteiger charge is 2.20. The Bertz CT molecular complexity index is 877. The molecule has 7 heteroatoms. The van der Waals surface area contributed by atoms with Crippen molar-refractivity contribution in [1.29, 1.82) is 0 Å². The van der Waals surface area contributed by atoms with Crippen LogP contribution in [0.25, 0.3) is 0 Å². The van der Waals surface area contributed by atoms with E-state index >= 15 is 0 Å². The predicted molar refractivity (Wildman–Crippen MR) is 101 cm³/mol. The third kappa shape index (κ3) is 4.41. The molecular weight excluding hydrogens is 404 g/mol. The van der Waals surface area contributed by atoms with Crippen molar-refractivity contribution >= 4 is 37.5 Å². The molecule has 0 spiro atoms. The lowest BCUT2D eigenvalue weighted by atomic mass is 10.1. The van der Waals surface area contributed by atoms with Crippen LogP contribution >= 0.6 is 15.9 Å². The molecule has 1 N–H and O–H groups in total. The smallest absolute Gasteiger partial charge is 0.265 e. The minimum Gasteiger partial charge on any atom is -0.372 e. The molecule has 0 saturated carbocycles. The SMILES string of the molecule is O=C(NS(=O)(=O)c1cccc(Br)c1)c1cccc(N2CCCCC2)c1. The molecular formula is C18H19BrN2O3S. The number of carbonyl (C=O) groups is 1. The third-order valence-electron chi connectivity index (χ3n) is 4.16. The van der Waals surface area contributed by atoms with E-state index in [1.54, 1.807) is 30.3 Å². The average Bonchev–Trinajstić information content (AvgIpc) is 2.62. The summed E-state index contributed by atoms with van der Waals surface area (Å²) in [6, 6.07) is 13.3. The van der Waals surface area contributed by atoms with Gasteiger partial charge in [0.15, 0.2) is 0 Å². The number of anilines is 1. The van der Waals surface area contributed by atoms with Crippen molar-refractivity contribution in [2.24, 2.45) is 0 Å². The highest BCUT2D eigenvalue weighted by molar-refractivity contribution is 9.10. The van der Waals surface area contributed by atoms with Gasteiger partial charge < -0.3 is 4.90 Å². The number of hydrogen-bond acceptors (Lipinski definition) is 4. The number of piperidine rings is 1. The van der Waals surface area contributed by atoms with Gasteiger partial charge in [0, 0.05) is 28.8 Å². The van der Waals surface area contributed by atoms with E-state index in [9.17, 15) is 13.2 Å². The molecule has 1 aliphatic heterocycles. The first-order chi connectivity index (χ1) is 12.0. The number of amides is 1. The van der Waals surface area contributed by atoms with E-state index in [0.29, 0.717) is 10.0 Å². The standard InChI is InChI=1S/C18H19BrN2O3S/c19-15-7-5-9-17(13-15)25(23,24)20-18(22)14-6-4-8-16(12-14)21-10-2-1-3-11-21/h4-9,12-13H,1-3,10-11H2,(H,20,22). The number of halogens is 1. The fourth-order valence-electron chi connectivity index (χ4n) is 2.87. The van der Waals surface area contributed by atoms with Gasteiger partial charge in [-0.05, 0) is 55.7 Å². The van der Waals surface area contributed by atoms with Gasteiger partial charge in [-0.2, -0.15) is 0 Å². The number of sulfonamides is 1. The average molecular weight is 423 g/mol. The largest absolute Gasteiger partial charge is 0.372 e. The summed E-state index contributed by atoms with van der Waals surface area (Å²) in [5, 5.41) is 0. The maximum atomic E-state index is 12.4. The summed E-state index contributed by atoms with van der Waals surface area (Å²) in [5.74, 6) is -0.626. The molecule has 0 aliphatic carbocycles. The summed E-state index contributed by atoms with van der Waals surface area (Å²) in [5.41, 5.74) is 1.29. The highest BCUT2D eigenvalue weighted by Crippen LogP contribution is 2.21. The normalized spacial score (nSPS) is 15.0. The second kappa shape index (κ2) is 7.58. The maximum absolute atomic E-state index is 12.4. The molecule has 2 aromatic carbocycles. The summed E-state index contributed by atoms with van der Waals surface area (Å²) >= 11 is 3.24. The van der Waals surface area contributed by atoms with Gasteiger partial charge in [0.05, 0.1) is 4.90 Å². The summed E-state index contributed by atoms with van der Waals surface area (Å²) in [6.07, 6.45) is 3.49. The van der Waals surface area contributed by atoms with Crippen molar-refractivity contribution < 1.29 is 13.2 Å². The molecule has 5 nitrogen and oxygen atoms in total. The zero-order valence-electron chi connectivity index (χ0n) is 13.6. The second-order valence-electron chi connectivity index (χ2n) is 5.99. The van der Waals surface area contributed by atoms with Crippen LogP contribution in [0.3, 0.4) is 0 Å². The molecule has 1 saturated heterocycles. The van der Waals surface area contributed by atoms with Gasteiger partial charge in [-0.15, -0.1) is 0 Å². The van der Waals surface area contributed by atoms with Crippen LogP contribution in [-0.4, -0.2) is 27.4 Å². The fourth-order valence-corrected chi connectivity index (χ4v) is 4.44. The minimum atomic E-state index is -3.91. The summed E-state index contributed by atoms with van der Waals surface area (Å²) < 4.78 is 27.6. The monoisotopic (exact) mass is 422 g/mol. The Hall–Kier alpha value is -1.86. The third-order valence-corrected chi connectivity index (χ3v) is 5.98. The Morgan fingerprint density at radius 2 is 1.72 bits per heavy atom. The summed E-state index contributed by atoms with van der Waals surface area (Å²) in [7, 11) is -3.91. The Balaban J connectivity index is 1.79. The van der Waals surface area contributed by atoms with Crippen LogP contribution in [-0.2, 0) is 10.0 Å². The molecule has 2 aromatic rings. The molecule has 132 valence electrons. The number of nitrogens with zero attached hydrogens (tertiary/aromatic N) is 1. The highest BCUT2D eigenvalue weighted by atomic mass is 79.9. The predicted octanol–water partition coefficient (Wildman–Crippen LogP) is 3.56. The second-order valence-corrected chi connectivity index (χ2v) is 8.59. The van der Waals surface area contributed by atoms with Gasteiger partial charge in [0.2, 0.25) is 0 Å². The lowest BCUT2D eigenvalue weighted by Crippen LogP contribution is -2.32. The van der Waals surface area contributed by atoms with Crippen molar-refractivity contribution in [3.63, 3.8) is 0 Å². The van der Waals surface area contributed by atoms with Gasteiger partial charge in [-0.1, -0.05) is 28.1 Å². The zero-order chi connectivity index (χ0) is 17.9. The molecule has 1 aliphatic rings. The number of hydrogen-bond donors (Lipinski definition) is 1.